The van der Waals surface area contributed by atoms with Gasteiger partial charge in [-0.2, -0.15) is 9.97 Å². The van der Waals surface area contributed by atoms with Gasteiger partial charge in [0.1, 0.15) is 0 Å². The van der Waals surface area contributed by atoms with E-state index in [0.29, 0.717) is 35.6 Å². The molecule has 1 aromatic carbocycles. The van der Waals surface area contributed by atoms with E-state index in [1.54, 1.807) is 18.7 Å². The molecule has 2 heterocycles. The molecule has 0 aliphatic rings. The van der Waals surface area contributed by atoms with Gasteiger partial charge in [-0.15, -0.1) is 11.8 Å². The molecule has 0 unspecified atom stereocenters. The molecule has 0 radical (unpaired) electrons. The predicted molar refractivity (Wildman–Crippen MR) is 72.1 cm³/mol. The fraction of sp³-hybridized carbons (Fsp3) is 0.231. The Bertz CT molecular complexity index is 681. The third-order valence-corrected chi connectivity index (χ3v) is 3.50. The Labute approximate surface area is 119 Å². The van der Waals surface area contributed by atoms with Crippen LogP contribution in [0.4, 0.5) is 0 Å². The van der Waals surface area contributed by atoms with E-state index in [9.17, 15) is 0 Å². The van der Waals surface area contributed by atoms with E-state index in [4.69, 9.17) is 9.05 Å². The number of hydrogen-bond acceptors (Lipinski definition) is 7. The van der Waals surface area contributed by atoms with Crippen LogP contribution in [-0.4, -0.2) is 20.3 Å². The van der Waals surface area contributed by atoms with Crippen molar-refractivity contribution in [3.8, 4) is 0 Å². The first-order chi connectivity index (χ1) is 9.79. The standard InChI is InChI=1S/C13H12N4O2S/c1-9-14-11(16-18-9)7-12-15-13(19-17-12)8-20-10-5-3-2-4-6-10/h2-6H,7-8H2,1H3. The largest absolute Gasteiger partial charge is 0.340 e. The summed E-state index contributed by atoms with van der Waals surface area (Å²) in [6, 6.07) is 10.1. The Kier molecular flexibility index (Phi) is 3.78. The summed E-state index contributed by atoms with van der Waals surface area (Å²) in [5, 5.41) is 7.71. The topological polar surface area (TPSA) is 77.8 Å². The molecule has 3 aromatic rings. The van der Waals surface area contributed by atoms with Crippen molar-refractivity contribution in [1.29, 1.82) is 0 Å². The van der Waals surface area contributed by atoms with E-state index in [0.717, 1.165) is 0 Å². The van der Waals surface area contributed by atoms with Crippen molar-refractivity contribution >= 4 is 11.8 Å². The molecule has 0 bridgehead atoms. The molecule has 2 aromatic heterocycles. The van der Waals surface area contributed by atoms with Crippen molar-refractivity contribution in [2.75, 3.05) is 0 Å². The van der Waals surface area contributed by atoms with Gasteiger partial charge in [0, 0.05) is 11.8 Å². The molecule has 6 nitrogen and oxygen atoms in total. The van der Waals surface area contributed by atoms with Gasteiger partial charge < -0.3 is 9.05 Å². The van der Waals surface area contributed by atoms with Gasteiger partial charge in [-0.25, -0.2) is 0 Å². The normalized spacial score (nSPS) is 10.8. The van der Waals surface area contributed by atoms with E-state index in [1.165, 1.54) is 4.90 Å². The highest BCUT2D eigenvalue weighted by molar-refractivity contribution is 7.98. The van der Waals surface area contributed by atoms with Gasteiger partial charge in [0.25, 0.3) is 0 Å². The minimum Gasteiger partial charge on any atom is -0.340 e. The summed E-state index contributed by atoms with van der Waals surface area (Å²) >= 11 is 1.65. The van der Waals surface area contributed by atoms with Crippen LogP contribution in [-0.2, 0) is 12.2 Å². The molecule has 0 aliphatic heterocycles. The van der Waals surface area contributed by atoms with Gasteiger partial charge in [0.2, 0.25) is 11.8 Å². The lowest BCUT2D eigenvalue weighted by Crippen LogP contribution is -1.93. The molecular formula is C13H12N4O2S. The molecule has 7 heteroatoms. The summed E-state index contributed by atoms with van der Waals surface area (Å²) in [5.74, 6) is 2.89. The Morgan fingerprint density at radius 2 is 1.75 bits per heavy atom. The minimum absolute atomic E-state index is 0.414. The second-order valence-corrected chi connectivity index (χ2v) is 5.16. The molecule has 3 rings (SSSR count). The molecule has 0 N–H and O–H groups in total. The monoisotopic (exact) mass is 288 g/mol. The van der Waals surface area contributed by atoms with E-state index in [1.807, 2.05) is 30.3 Å². The number of benzene rings is 1. The van der Waals surface area contributed by atoms with Crippen LogP contribution in [0.5, 0.6) is 0 Å². The Hall–Kier alpha value is -2.15. The SMILES string of the molecule is Cc1nc(Cc2noc(CSc3ccccc3)n2)no1. The van der Waals surface area contributed by atoms with Crippen LogP contribution in [0.2, 0.25) is 0 Å². The van der Waals surface area contributed by atoms with Crippen LogP contribution in [0.1, 0.15) is 23.4 Å². The predicted octanol–water partition coefficient (Wildman–Crippen LogP) is 2.64. The van der Waals surface area contributed by atoms with E-state index >= 15 is 0 Å². The molecule has 0 saturated carbocycles. The highest BCUT2D eigenvalue weighted by Gasteiger charge is 2.11. The van der Waals surface area contributed by atoms with Crippen LogP contribution in [0, 0.1) is 6.92 Å². The van der Waals surface area contributed by atoms with Gasteiger partial charge in [-0.3, -0.25) is 0 Å². The number of rotatable bonds is 5. The van der Waals surface area contributed by atoms with Gasteiger partial charge in [0.15, 0.2) is 11.6 Å². The number of nitrogens with zero attached hydrogens (tertiary/aromatic N) is 4. The van der Waals surface area contributed by atoms with Crippen molar-refractivity contribution in [1.82, 2.24) is 20.3 Å². The highest BCUT2D eigenvalue weighted by Crippen LogP contribution is 2.21. The maximum Gasteiger partial charge on any atom is 0.237 e. The molecular weight excluding hydrogens is 276 g/mol. The third kappa shape index (κ3) is 3.24. The van der Waals surface area contributed by atoms with E-state index in [2.05, 4.69) is 20.3 Å². The second kappa shape index (κ2) is 5.87. The molecule has 0 atom stereocenters. The molecule has 20 heavy (non-hydrogen) atoms. The van der Waals surface area contributed by atoms with E-state index < -0.39 is 0 Å². The molecule has 0 saturated heterocycles. The summed E-state index contributed by atoms with van der Waals surface area (Å²) in [6.07, 6.45) is 0.414. The zero-order chi connectivity index (χ0) is 13.8. The lowest BCUT2D eigenvalue weighted by molar-refractivity contribution is 0.381. The lowest BCUT2D eigenvalue weighted by atomic mass is 10.4. The minimum atomic E-state index is 0.414. The number of aromatic nitrogens is 4. The highest BCUT2D eigenvalue weighted by atomic mass is 32.2. The van der Waals surface area contributed by atoms with Crippen LogP contribution in [0.3, 0.4) is 0 Å². The lowest BCUT2D eigenvalue weighted by Gasteiger charge is -1.95. The number of aryl methyl sites for hydroxylation is 1. The summed E-state index contributed by atoms with van der Waals surface area (Å²) in [5.41, 5.74) is 0. The molecule has 0 aliphatic carbocycles. The van der Waals surface area contributed by atoms with Crippen molar-refractivity contribution in [2.24, 2.45) is 0 Å². The molecule has 0 fully saturated rings. The third-order valence-electron chi connectivity index (χ3n) is 2.50. The Morgan fingerprint density at radius 3 is 2.50 bits per heavy atom. The summed E-state index contributed by atoms with van der Waals surface area (Å²) in [6.45, 7) is 1.74. The Morgan fingerprint density at radius 1 is 1.00 bits per heavy atom. The first-order valence-corrected chi connectivity index (χ1v) is 7.06. The van der Waals surface area contributed by atoms with Crippen LogP contribution >= 0.6 is 11.8 Å². The maximum atomic E-state index is 5.20. The van der Waals surface area contributed by atoms with Gasteiger partial charge in [0.05, 0.1) is 12.2 Å². The van der Waals surface area contributed by atoms with Crippen LogP contribution in [0.25, 0.3) is 0 Å². The van der Waals surface area contributed by atoms with Gasteiger partial charge in [-0.1, -0.05) is 28.5 Å². The first kappa shape index (κ1) is 12.9. The van der Waals surface area contributed by atoms with Crippen molar-refractivity contribution in [2.45, 2.75) is 24.0 Å². The van der Waals surface area contributed by atoms with Gasteiger partial charge in [-0.05, 0) is 12.1 Å². The van der Waals surface area contributed by atoms with Crippen molar-refractivity contribution in [3.63, 3.8) is 0 Å². The van der Waals surface area contributed by atoms with Crippen LogP contribution in [0.15, 0.2) is 44.3 Å². The maximum absolute atomic E-state index is 5.20. The second-order valence-electron chi connectivity index (χ2n) is 4.11. The first-order valence-electron chi connectivity index (χ1n) is 6.08. The smallest absolute Gasteiger partial charge is 0.237 e. The zero-order valence-electron chi connectivity index (χ0n) is 10.8. The zero-order valence-corrected chi connectivity index (χ0v) is 11.6. The fourth-order valence-electron chi connectivity index (χ4n) is 1.64. The Balaban J connectivity index is 1.59. The summed E-state index contributed by atoms with van der Waals surface area (Å²) < 4.78 is 10.1. The average molecular weight is 288 g/mol. The summed E-state index contributed by atoms with van der Waals surface area (Å²) in [4.78, 5) is 9.58. The average Bonchev–Trinajstić information content (AvgIpc) is 3.08. The van der Waals surface area contributed by atoms with E-state index in [-0.39, 0.29) is 0 Å². The summed E-state index contributed by atoms with van der Waals surface area (Å²) in [7, 11) is 0. The fourth-order valence-corrected chi connectivity index (χ4v) is 2.39. The number of hydrogen-bond donors (Lipinski definition) is 0. The molecule has 0 spiro atoms. The molecule has 102 valence electrons. The molecule has 0 amide bonds. The van der Waals surface area contributed by atoms with Crippen LogP contribution < -0.4 is 0 Å². The van der Waals surface area contributed by atoms with Crippen molar-refractivity contribution in [3.05, 3.63) is 53.8 Å². The van der Waals surface area contributed by atoms with Crippen molar-refractivity contribution < 1.29 is 9.05 Å². The number of thioether (sulfide) groups is 1. The van der Waals surface area contributed by atoms with Gasteiger partial charge >= 0.3 is 0 Å². The quantitative estimate of drug-likeness (QED) is 0.668.